The number of alkyl halides is 1. The normalized spacial score (nSPS) is 10.6. The number of hydrogen-bond acceptors (Lipinski definition) is 2. The first-order chi connectivity index (χ1) is 10.2. The molecule has 2 aromatic rings. The van der Waals surface area contributed by atoms with Crippen molar-refractivity contribution >= 4 is 23.2 Å². The number of para-hydroxylation sites is 1. The van der Waals surface area contributed by atoms with E-state index in [4.69, 9.17) is 11.6 Å². The van der Waals surface area contributed by atoms with Crippen LogP contribution in [0.25, 0.3) is 0 Å². The van der Waals surface area contributed by atoms with Crippen molar-refractivity contribution in [1.29, 1.82) is 0 Å². The second kappa shape index (κ2) is 7.27. The molecule has 0 atom stereocenters. The summed E-state index contributed by atoms with van der Waals surface area (Å²) in [6, 6.07) is 8.01. The van der Waals surface area contributed by atoms with Gasteiger partial charge in [-0.05, 0) is 30.0 Å². The predicted molar refractivity (Wildman–Crippen MR) is 85.6 cm³/mol. The number of amides is 1. The molecule has 0 aliphatic carbocycles. The van der Waals surface area contributed by atoms with Crippen LogP contribution < -0.4 is 4.90 Å². The van der Waals surface area contributed by atoms with Gasteiger partial charge in [-0.1, -0.05) is 32.0 Å². The summed E-state index contributed by atoms with van der Waals surface area (Å²) in [4.78, 5) is 14.1. The summed E-state index contributed by atoms with van der Waals surface area (Å²) >= 11 is 5.81. The summed E-state index contributed by atoms with van der Waals surface area (Å²) in [5.41, 5.74) is 3.28. The van der Waals surface area contributed by atoms with Crippen LogP contribution in [0, 0.1) is 0 Å². The zero-order valence-corrected chi connectivity index (χ0v) is 13.2. The number of nitrogens with zero attached hydrogens (tertiary/aromatic N) is 3. The molecule has 1 aromatic heterocycles. The lowest BCUT2D eigenvalue weighted by Crippen LogP contribution is -2.35. The van der Waals surface area contributed by atoms with Crippen molar-refractivity contribution in [3.63, 3.8) is 0 Å². The van der Waals surface area contributed by atoms with Gasteiger partial charge in [0.05, 0.1) is 5.69 Å². The first kappa shape index (κ1) is 15.6. The Kier molecular flexibility index (Phi) is 5.39. The second-order valence-corrected chi connectivity index (χ2v) is 5.04. The van der Waals surface area contributed by atoms with Gasteiger partial charge in [0.1, 0.15) is 12.5 Å². The third-order valence-electron chi connectivity index (χ3n) is 3.50. The van der Waals surface area contributed by atoms with E-state index < -0.39 is 0 Å². The molecule has 5 heteroatoms. The number of carbonyl (C=O) groups is 1. The van der Waals surface area contributed by atoms with Gasteiger partial charge in [-0.3, -0.25) is 14.4 Å². The van der Waals surface area contributed by atoms with Crippen molar-refractivity contribution < 1.29 is 4.79 Å². The van der Waals surface area contributed by atoms with E-state index in [0.29, 0.717) is 6.67 Å². The molecule has 0 fully saturated rings. The van der Waals surface area contributed by atoms with E-state index in [2.05, 4.69) is 31.1 Å². The smallest absolute Gasteiger partial charge is 0.243 e. The number of carbonyl (C=O) groups excluding carboxylic acids is 1. The first-order valence-corrected chi connectivity index (χ1v) is 7.69. The lowest BCUT2D eigenvalue weighted by atomic mass is 10.0. The molecule has 0 saturated carbocycles. The largest absolute Gasteiger partial charge is 0.291 e. The maximum absolute atomic E-state index is 12.3. The molecule has 4 nitrogen and oxygen atoms in total. The Morgan fingerprint density at radius 1 is 1.24 bits per heavy atom. The minimum absolute atomic E-state index is 0.0392. The number of aryl methyl sites for hydroxylation is 2. The average molecular weight is 306 g/mol. The van der Waals surface area contributed by atoms with E-state index in [9.17, 15) is 4.79 Å². The lowest BCUT2D eigenvalue weighted by Gasteiger charge is -2.27. The number of anilines is 1. The van der Waals surface area contributed by atoms with Gasteiger partial charge in [0, 0.05) is 12.4 Å². The van der Waals surface area contributed by atoms with Crippen LogP contribution in [-0.2, 0) is 24.3 Å². The minimum atomic E-state index is -0.109. The third kappa shape index (κ3) is 3.45. The van der Waals surface area contributed by atoms with Crippen molar-refractivity contribution in [2.75, 3.05) is 10.8 Å². The Hall–Kier alpha value is -1.81. The zero-order chi connectivity index (χ0) is 15.2. The maximum Gasteiger partial charge on any atom is 0.243 e. The molecule has 0 spiro atoms. The van der Waals surface area contributed by atoms with E-state index in [1.54, 1.807) is 15.8 Å². The third-order valence-corrected chi connectivity index (χ3v) is 3.72. The lowest BCUT2D eigenvalue weighted by molar-refractivity contribution is -0.116. The molecule has 1 amide bonds. The molecule has 0 unspecified atom stereocenters. The van der Waals surface area contributed by atoms with Crippen LogP contribution in [0.4, 0.5) is 5.69 Å². The van der Waals surface area contributed by atoms with Crippen LogP contribution in [-0.4, -0.2) is 21.6 Å². The molecule has 1 aromatic carbocycles. The van der Waals surface area contributed by atoms with E-state index in [-0.39, 0.29) is 11.8 Å². The Morgan fingerprint density at radius 2 is 1.90 bits per heavy atom. The maximum atomic E-state index is 12.3. The molecule has 0 N–H and O–H groups in total. The second-order valence-electron chi connectivity index (χ2n) is 4.77. The summed E-state index contributed by atoms with van der Waals surface area (Å²) in [5, 5.41) is 4.19. The molecule has 0 aliphatic rings. The van der Waals surface area contributed by atoms with Crippen LogP contribution in [0.15, 0.2) is 36.7 Å². The average Bonchev–Trinajstić information content (AvgIpc) is 3.04. The van der Waals surface area contributed by atoms with E-state index >= 15 is 0 Å². The molecule has 112 valence electrons. The Labute approximate surface area is 130 Å². The van der Waals surface area contributed by atoms with Crippen molar-refractivity contribution in [2.45, 2.75) is 33.4 Å². The van der Waals surface area contributed by atoms with Crippen LogP contribution >= 0.6 is 11.6 Å². The van der Waals surface area contributed by atoms with Crippen molar-refractivity contribution in [1.82, 2.24) is 9.78 Å². The monoisotopic (exact) mass is 305 g/mol. The minimum Gasteiger partial charge on any atom is -0.291 e. The number of aromatic nitrogens is 2. The van der Waals surface area contributed by atoms with Gasteiger partial charge in [0.2, 0.25) is 5.91 Å². The fraction of sp³-hybridized carbons (Fsp3) is 0.375. The highest BCUT2D eigenvalue weighted by Crippen LogP contribution is 2.28. The molecule has 1 heterocycles. The summed E-state index contributed by atoms with van der Waals surface area (Å²) < 4.78 is 1.73. The van der Waals surface area contributed by atoms with Crippen LogP contribution in [0.2, 0.25) is 0 Å². The highest BCUT2D eigenvalue weighted by atomic mass is 35.5. The molecular weight excluding hydrogens is 286 g/mol. The molecular formula is C16H20ClN3O. The quantitative estimate of drug-likeness (QED) is 0.768. The van der Waals surface area contributed by atoms with Gasteiger partial charge in [-0.15, -0.1) is 11.6 Å². The van der Waals surface area contributed by atoms with Gasteiger partial charge < -0.3 is 0 Å². The highest BCUT2D eigenvalue weighted by molar-refractivity contribution is 6.29. The molecule has 0 radical (unpaired) electrons. The van der Waals surface area contributed by atoms with Crippen LogP contribution in [0.3, 0.4) is 0 Å². The van der Waals surface area contributed by atoms with Crippen LogP contribution in [0.1, 0.15) is 25.0 Å². The van der Waals surface area contributed by atoms with Gasteiger partial charge >= 0.3 is 0 Å². The van der Waals surface area contributed by atoms with Gasteiger partial charge in [0.25, 0.3) is 0 Å². The van der Waals surface area contributed by atoms with Gasteiger partial charge in [0.15, 0.2) is 0 Å². The van der Waals surface area contributed by atoms with Crippen molar-refractivity contribution in [3.05, 3.63) is 47.8 Å². The Balaban J connectivity index is 2.47. The van der Waals surface area contributed by atoms with Crippen molar-refractivity contribution in [3.8, 4) is 0 Å². The summed E-state index contributed by atoms with van der Waals surface area (Å²) in [6.45, 7) is 4.56. The standard InChI is InChI=1S/C16H20ClN3O/c1-3-13-7-5-8-14(4-2)16(13)20(15(21)11-17)12-19-10-6-9-18-19/h5-10H,3-4,11-12H2,1-2H3. The van der Waals surface area contributed by atoms with E-state index in [1.165, 1.54) is 0 Å². The summed E-state index contributed by atoms with van der Waals surface area (Å²) in [5.74, 6) is -0.148. The topological polar surface area (TPSA) is 38.1 Å². The number of rotatable bonds is 6. The fourth-order valence-electron chi connectivity index (χ4n) is 2.44. The molecule has 0 aliphatic heterocycles. The SMILES string of the molecule is CCc1cccc(CC)c1N(Cn1cccn1)C(=O)CCl. The highest BCUT2D eigenvalue weighted by Gasteiger charge is 2.20. The van der Waals surface area contributed by atoms with E-state index in [0.717, 1.165) is 29.7 Å². The number of hydrogen-bond donors (Lipinski definition) is 0. The molecule has 2 rings (SSSR count). The molecule has 0 bridgehead atoms. The number of benzene rings is 1. The molecule has 21 heavy (non-hydrogen) atoms. The zero-order valence-electron chi connectivity index (χ0n) is 12.4. The van der Waals surface area contributed by atoms with E-state index in [1.807, 2.05) is 18.3 Å². The first-order valence-electron chi connectivity index (χ1n) is 7.15. The van der Waals surface area contributed by atoms with Gasteiger partial charge in [-0.2, -0.15) is 5.10 Å². The summed E-state index contributed by atoms with van der Waals surface area (Å²) in [7, 11) is 0. The predicted octanol–water partition coefficient (Wildman–Crippen LogP) is 3.24. The summed E-state index contributed by atoms with van der Waals surface area (Å²) in [6.07, 6.45) is 5.28. The Morgan fingerprint density at radius 3 is 2.38 bits per heavy atom. The van der Waals surface area contributed by atoms with Crippen molar-refractivity contribution in [2.24, 2.45) is 0 Å². The van der Waals surface area contributed by atoms with Gasteiger partial charge in [-0.25, -0.2) is 0 Å². The number of halogens is 1. The van der Waals surface area contributed by atoms with Crippen LogP contribution in [0.5, 0.6) is 0 Å². The Bertz CT molecular complexity index is 573. The molecule has 0 saturated heterocycles. The fourth-order valence-corrected chi connectivity index (χ4v) is 2.58.